The Bertz CT molecular complexity index is 140. The summed E-state index contributed by atoms with van der Waals surface area (Å²) >= 11 is 10.3. The average molecular weight is 228 g/mol. The first-order valence-corrected chi connectivity index (χ1v) is 2.56. The molecule has 0 aromatic rings. The number of aliphatic carboxylic acids is 1. The zero-order valence-corrected chi connectivity index (χ0v) is 5.62. The van der Waals surface area contributed by atoms with E-state index >= 15 is 0 Å². The molecule has 2 nitrogen and oxygen atoms in total. The number of carboxylic acid groups (broad SMARTS) is 1. The number of rotatable bonds is 1. The minimum absolute atomic E-state index is 0. The van der Waals surface area contributed by atoms with E-state index in [1.807, 2.05) is 0 Å². The number of carboxylic acids is 1. The molecule has 5 heteroatoms. The van der Waals surface area contributed by atoms with Crippen molar-refractivity contribution in [3.63, 3.8) is 0 Å². The number of hydrogen-bond acceptors (Lipinski definition) is 1. The molecule has 0 radical (unpaired) electrons. The van der Waals surface area contributed by atoms with Gasteiger partial charge in [-0.2, -0.15) is 0 Å². The van der Waals surface area contributed by atoms with Gasteiger partial charge in [-0.05, 0) is 6.92 Å². The number of hydrogen-bond donors (Lipinski definition) is 1. The summed E-state index contributed by atoms with van der Waals surface area (Å²) in [4.78, 5) is 9.87. The first-order chi connectivity index (χ1) is 3.55. The van der Waals surface area contributed by atoms with Crippen molar-refractivity contribution in [2.45, 2.75) is 6.92 Å². The molecule has 0 saturated heterocycles. The van der Waals surface area contributed by atoms with E-state index in [1.54, 1.807) is 0 Å². The first-order valence-electron chi connectivity index (χ1n) is 1.81. The van der Waals surface area contributed by atoms with Crippen LogP contribution in [0.2, 0.25) is 0 Å². The van der Waals surface area contributed by atoms with Crippen LogP contribution in [0.15, 0.2) is 10.1 Å². The van der Waals surface area contributed by atoms with Gasteiger partial charge in [0.05, 0.1) is 0 Å². The fourth-order valence-corrected chi connectivity index (χ4v) is 0.228. The molecule has 9 heavy (non-hydrogen) atoms. The molecule has 52 valence electrons. The third-order valence-corrected chi connectivity index (χ3v) is 1.22. The molecule has 0 aliphatic heterocycles. The van der Waals surface area contributed by atoms with E-state index in [9.17, 15) is 4.79 Å². The Morgan fingerprint density at radius 2 is 1.78 bits per heavy atom. The molecule has 0 aliphatic carbocycles. The van der Waals surface area contributed by atoms with Crippen molar-refractivity contribution in [3.05, 3.63) is 10.1 Å². The summed E-state index contributed by atoms with van der Waals surface area (Å²) in [7, 11) is 0. The maximum atomic E-state index is 9.87. The zero-order chi connectivity index (χ0) is 6.73. The van der Waals surface area contributed by atoms with Crippen molar-refractivity contribution < 1.29 is 9.90 Å². The predicted molar refractivity (Wildman–Crippen MR) is 42.0 cm³/mol. The summed E-state index contributed by atoms with van der Waals surface area (Å²) in [6.07, 6.45) is 0. The van der Waals surface area contributed by atoms with Crippen LogP contribution in [0.3, 0.4) is 0 Å². The van der Waals surface area contributed by atoms with Gasteiger partial charge >= 0.3 is 25.8 Å². The Hall–Kier alpha value is 0.426. The van der Waals surface area contributed by atoms with Gasteiger partial charge in [-0.25, -0.2) is 4.79 Å². The second kappa shape index (κ2) is 5.23. The van der Waals surface area contributed by atoms with Crippen molar-refractivity contribution in [2.75, 3.05) is 0 Å². The van der Waals surface area contributed by atoms with Crippen LogP contribution in [-0.2, 0) is 4.79 Å². The van der Waals surface area contributed by atoms with E-state index in [1.165, 1.54) is 6.92 Å². The average Bonchev–Trinajstić information content (AvgIpc) is 1.64. The molecule has 0 bridgehead atoms. The first kappa shape index (κ1) is 12.1. The predicted octanol–water partition coefficient (Wildman–Crippen LogP) is 0.596. The topological polar surface area (TPSA) is 37.3 Å². The van der Waals surface area contributed by atoms with Gasteiger partial charge in [0.1, 0.15) is 5.03 Å². The van der Waals surface area contributed by atoms with Gasteiger partial charge < -0.3 is 5.11 Å². The van der Waals surface area contributed by atoms with Gasteiger partial charge in [-0.15, -0.1) is 0 Å². The molecule has 0 rings (SSSR count). The van der Waals surface area contributed by atoms with E-state index in [2.05, 4.69) is 0 Å². The van der Waals surface area contributed by atoms with Crippen LogP contribution < -0.4 is 0 Å². The van der Waals surface area contributed by atoms with Crippen LogP contribution in [0.25, 0.3) is 0 Å². The summed E-state index contributed by atoms with van der Waals surface area (Å²) < 4.78 is 0. The Labute approximate surface area is 75.9 Å². The molecule has 0 aliphatic rings. The summed E-state index contributed by atoms with van der Waals surface area (Å²) in [6.45, 7) is 1.41. The molecule has 0 heterocycles. The van der Waals surface area contributed by atoms with Crippen LogP contribution in [0.5, 0.6) is 0 Å². The second-order valence-corrected chi connectivity index (χ2v) is 2.10. The summed E-state index contributed by atoms with van der Waals surface area (Å²) in [5.74, 6) is -1.20. The van der Waals surface area contributed by atoms with Crippen LogP contribution in [-0.4, -0.2) is 30.9 Å². The summed E-state index contributed by atoms with van der Waals surface area (Å²) in [5, 5.41) is 7.85. The van der Waals surface area contributed by atoms with Crippen molar-refractivity contribution in [2.24, 2.45) is 0 Å². The fraction of sp³-hybridized carbons (Fsp3) is 0.250. The van der Waals surface area contributed by atoms with E-state index < -0.39 is 5.97 Å². The minimum atomic E-state index is -1.20. The molecular formula is C4H7Cl2GaO2. The van der Waals surface area contributed by atoms with E-state index in [0.717, 1.165) is 0 Å². The monoisotopic (exact) mass is 226 g/mol. The van der Waals surface area contributed by atoms with Crippen LogP contribution >= 0.6 is 23.2 Å². The fourth-order valence-electron chi connectivity index (χ4n) is 0.147. The zero-order valence-electron chi connectivity index (χ0n) is 4.11. The van der Waals surface area contributed by atoms with Gasteiger partial charge in [0.25, 0.3) is 0 Å². The molecule has 0 fully saturated rings. The molecule has 0 spiro atoms. The standard InChI is InChI=1S/C4H4Cl2O2.Ga.3H/c1-2(5)3(6)4(7)8;;;;/h1H3,(H,7,8);;;;/b3-2+;;;;. The van der Waals surface area contributed by atoms with Crippen molar-refractivity contribution in [1.82, 2.24) is 0 Å². The molecule has 0 saturated carbocycles. The maximum absolute atomic E-state index is 9.87. The van der Waals surface area contributed by atoms with Gasteiger partial charge in [0.15, 0.2) is 0 Å². The van der Waals surface area contributed by atoms with E-state index in [0.29, 0.717) is 0 Å². The van der Waals surface area contributed by atoms with Crippen LogP contribution in [0, 0.1) is 0 Å². The second-order valence-electron chi connectivity index (χ2n) is 1.15. The van der Waals surface area contributed by atoms with Gasteiger partial charge in [-0.1, -0.05) is 23.2 Å². The molecule has 0 unspecified atom stereocenters. The SMILES string of the molecule is C/C(Cl)=C(\Cl)C(=O)O.[GaH3]. The molecule has 0 atom stereocenters. The number of allylic oxidation sites excluding steroid dienone is 1. The third kappa shape index (κ3) is 4.90. The molecule has 1 N–H and O–H groups in total. The van der Waals surface area contributed by atoms with Gasteiger partial charge in [-0.3, -0.25) is 0 Å². The Morgan fingerprint density at radius 1 is 1.44 bits per heavy atom. The molecule has 0 aromatic carbocycles. The quantitative estimate of drug-likeness (QED) is 0.526. The van der Waals surface area contributed by atoms with E-state index in [-0.39, 0.29) is 29.9 Å². The van der Waals surface area contributed by atoms with Crippen molar-refractivity contribution >= 4 is 49.0 Å². The van der Waals surface area contributed by atoms with Crippen molar-refractivity contribution in [1.29, 1.82) is 0 Å². The third-order valence-electron chi connectivity index (χ3n) is 0.490. The van der Waals surface area contributed by atoms with Crippen LogP contribution in [0.1, 0.15) is 6.92 Å². The Kier molecular flexibility index (Phi) is 7.05. The van der Waals surface area contributed by atoms with Crippen LogP contribution in [0.4, 0.5) is 0 Å². The molecule has 0 amide bonds. The van der Waals surface area contributed by atoms with Crippen molar-refractivity contribution in [3.8, 4) is 0 Å². The Balaban J connectivity index is 0. The van der Waals surface area contributed by atoms with Gasteiger partial charge in [0, 0.05) is 5.03 Å². The molecule has 0 aromatic heterocycles. The summed E-state index contributed by atoms with van der Waals surface area (Å²) in [5.41, 5.74) is 0. The normalized spacial score (nSPS) is 11.4. The number of carbonyl (C=O) groups is 1. The van der Waals surface area contributed by atoms with Gasteiger partial charge in [0.2, 0.25) is 0 Å². The Morgan fingerprint density at radius 3 is 1.78 bits per heavy atom. The molecular weight excluding hydrogens is 221 g/mol. The van der Waals surface area contributed by atoms with E-state index in [4.69, 9.17) is 28.3 Å². The number of halogens is 2. The summed E-state index contributed by atoms with van der Waals surface area (Å²) in [6, 6.07) is 0.